The molecule has 0 spiro atoms. The number of aliphatic hydroxyl groups is 1. The average Bonchev–Trinajstić information content (AvgIpc) is 2.12. The van der Waals surface area contributed by atoms with Gasteiger partial charge in [0.2, 0.25) is 0 Å². The van der Waals surface area contributed by atoms with Crippen molar-refractivity contribution < 1.29 is 14.6 Å². The van der Waals surface area contributed by atoms with Gasteiger partial charge in [-0.2, -0.15) is 5.26 Å². The lowest BCUT2D eigenvalue weighted by atomic mass is 10.0. The van der Waals surface area contributed by atoms with Crippen LogP contribution in [0.3, 0.4) is 0 Å². The number of rotatable bonds is 5. The number of methoxy groups -OCH3 is 1. The van der Waals surface area contributed by atoms with E-state index in [9.17, 15) is 0 Å². The number of hydrogen-bond donors (Lipinski definition) is 1. The summed E-state index contributed by atoms with van der Waals surface area (Å²) in [7, 11) is 1.52. The lowest BCUT2D eigenvalue weighted by Crippen LogP contribution is -2.40. The lowest BCUT2D eigenvalue weighted by Gasteiger charge is -2.27. The van der Waals surface area contributed by atoms with Gasteiger partial charge in [-0.05, 0) is 13.8 Å². The second-order valence-corrected chi connectivity index (χ2v) is 2.67. The van der Waals surface area contributed by atoms with Gasteiger partial charge in [0.1, 0.15) is 6.07 Å². The predicted octanol–water partition coefficient (Wildman–Crippen LogP) is 0.312. The van der Waals surface area contributed by atoms with Gasteiger partial charge in [-0.15, -0.1) is 0 Å². The minimum atomic E-state index is -0.975. The number of hydrogen-bond acceptors (Lipinski definition) is 4. The molecule has 0 aliphatic heterocycles. The van der Waals surface area contributed by atoms with Crippen LogP contribution in [-0.2, 0) is 9.47 Å². The van der Waals surface area contributed by atoms with Crippen molar-refractivity contribution in [3.05, 3.63) is 0 Å². The first kappa shape index (κ1) is 11.4. The smallest absolute Gasteiger partial charge is 0.177 e. The number of ether oxygens (including phenoxy) is 2. The van der Waals surface area contributed by atoms with Gasteiger partial charge in [-0.1, -0.05) is 0 Å². The Morgan fingerprint density at radius 2 is 2.25 bits per heavy atom. The van der Waals surface area contributed by atoms with Crippen molar-refractivity contribution >= 4 is 0 Å². The van der Waals surface area contributed by atoms with E-state index >= 15 is 0 Å². The summed E-state index contributed by atoms with van der Waals surface area (Å²) in [6.07, 6.45) is -0.311. The van der Waals surface area contributed by atoms with Crippen LogP contribution < -0.4 is 0 Å². The molecule has 0 radical (unpaired) electrons. The first-order valence-corrected chi connectivity index (χ1v) is 3.79. The summed E-state index contributed by atoms with van der Waals surface area (Å²) in [4.78, 5) is 0. The van der Waals surface area contributed by atoms with Crippen molar-refractivity contribution in [3.63, 3.8) is 0 Å². The molecule has 4 heteroatoms. The summed E-state index contributed by atoms with van der Waals surface area (Å²) in [5, 5.41) is 17.3. The molecule has 0 bridgehead atoms. The first-order valence-electron chi connectivity index (χ1n) is 3.79. The van der Waals surface area contributed by atoms with Gasteiger partial charge >= 0.3 is 0 Å². The third kappa shape index (κ3) is 2.78. The molecule has 0 heterocycles. The van der Waals surface area contributed by atoms with Gasteiger partial charge in [-0.25, -0.2) is 0 Å². The molecule has 70 valence electrons. The molecule has 2 atom stereocenters. The Bertz CT molecular complexity index is 166. The van der Waals surface area contributed by atoms with Crippen molar-refractivity contribution in [2.45, 2.75) is 25.6 Å². The van der Waals surface area contributed by atoms with Gasteiger partial charge in [-0.3, -0.25) is 0 Å². The number of aliphatic hydroxyl groups excluding tert-OH is 1. The zero-order valence-corrected chi connectivity index (χ0v) is 7.70. The lowest BCUT2D eigenvalue weighted by molar-refractivity contribution is -0.0906. The van der Waals surface area contributed by atoms with Crippen molar-refractivity contribution in [2.75, 3.05) is 20.3 Å². The van der Waals surface area contributed by atoms with Crippen molar-refractivity contribution in [1.82, 2.24) is 0 Å². The molecule has 2 unspecified atom stereocenters. The van der Waals surface area contributed by atoms with Crippen LogP contribution in [0.1, 0.15) is 13.8 Å². The first-order chi connectivity index (χ1) is 5.60. The third-order valence-electron chi connectivity index (χ3n) is 1.84. The SMILES string of the molecule is COC(C)C(C)(C#N)OCCO. The minimum Gasteiger partial charge on any atom is -0.394 e. The molecule has 0 aliphatic carbocycles. The highest BCUT2D eigenvalue weighted by molar-refractivity contribution is 5.02. The summed E-state index contributed by atoms with van der Waals surface area (Å²) < 4.78 is 10.1. The van der Waals surface area contributed by atoms with E-state index in [2.05, 4.69) is 0 Å². The highest BCUT2D eigenvalue weighted by Crippen LogP contribution is 2.16. The molecule has 0 aromatic heterocycles. The summed E-state index contributed by atoms with van der Waals surface area (Å²) in [6, 6.07) is 2.01. The standard InChI is InChI=1S/C8H15NO3/c1-7(11-3)8(2,6-9)12-5-4-10/h7,10H,4-5H2,1-3H3. The number of nitrogens with zero attached hydrogens (tertiary/aromatic N) is 1. The maximum absolute atomic E-state index is 8.78. The van der Waals surface area contributed by atoms with Gasteiger partial charge in [0.15, 0.2) is 5.60 Å². The molecule has 0 rings (SSSR count). The predicted molar refractivity (Wildman–Crippen MR) is 43.5 cm³/mol. The fourth-order valence-electron chi connectivity index (χ4n) is 0.723. The average molecular weight is 173 g/mol. The van der Waals surface area contributed by atoms with Crippen LogP contribution in [0.5, 0.6) is 0 Å². The zero-order chi connectivity index (χ0) is 9.61. The van der Waals surface area contributed by atoms with Crippen LogP contribution in [0.4, 0.5) is 0 Å². The Balaban J connectivity index is 4.16. The monoisotopic (exact) mass is 173 g/mol. The van der Waals surface area contributed by atoms with E-state index in [1.807, 2.05) is 6.07 Å². The topological polar surface area (TPSA) is 62.5 Å². The van der Waals surface area contributed by atoms with Crippen molar-refractivity contribution in [2.24, 2.45) is 0 Å². The van der Waals surface area contributed by atoms with E-state index in [4.69, 9.17) is 19.8 Å². The fourth-order valence-corrected chi connectivity index (χ4v) is 0.723. The molecule has 0 saturated carbocycles. The normalized spacial score (nSPS) is 17.9. The molecule has 0 saturated heterocycles. The van der Waals surface area contributed by atoms with E-state index in [0.717, 1.165) is 0 Å². The van der Waals surface area contributed by atoms with E-state index in [1.165, 1.54) is 7.11 Å². The van der Waals surface area contributed by atoms with Crippen molar-refractivity contribution in [3.8, 4) is 6.07 Å². The molecule has 12 heavy (non-hydrogen) atoms. The molecule has 0 aliphatic rings. The van der Waals surface area contributed by atoms with E-state index in [-0.39, 0.29) is 19.3 Å². The Kier molecular flexibility index (Phi) is 4.83. The molecule has 0 amide bonds. The molecular weight excluding hydrogens is 158 g/mol. The summed E-state index contributed by atoms with van der Waals surface area (Å²) in [5.41, 5.74) is -0.975. The molecule has 4 nitrogen and oxygen atoms in total. The van der Waals surface area contributed by atoms with Crippen LogP contribution in [0.15, 0.2) is 0 Å². The molecular formula is C8H15NO3. The maximum Gasteiger partial charge on any atom is 0.177 e. The Morgan fingerprint density at radius 3 is 2.58 bits per heavy atom. The Labute approximate surface area is 72.7 Å². The Morgan fingerprint density at radius 1 is 1.67 bits per heavy atom. The van der Waals surface area contributed by atoms with Gasteiger partial charge in [0.05, 0.1) is 19.3 Å². The van der Waals surface area contributed by atoms with Gasteiger partial charge in [0.25, 0.3) is 0 Å². The van der Waals surface area contributed by atoms with Crippen LogP contribution >= 0.6 is 0 Å². The second kappa shape index (κ2) is 5.09. The summed E-state index contributed by atoms with van der Waals surface area (Å²) in [6.45, 7) is 3.45. The van der Waals surface area contributed by atoms with E-state index in [1.54, 1.807) is 13.8 Å². The van der Waals surface area contributed by atoms with E-state index in [0.29, 0.717) is 0 Å². The maximum atomic E-state index is 8.78. The minimum absolute atomic E-state index is 0.0896. The largest absolute Gasteiger partial charge is 0.394 e. The van der Waals surface area contributed by atoms with E-state index < -0.39 is 5.60 Å². The highest BCUT2D eigenvalue weighted by Gasteiger charge is 2.32. The molecule has 0 fully saturated rings. The fraction of sp³-hybridized carbons (Fsp3) is 0.875. The molecule has 0 aromatic carbocycles. The van der Waals surface area contributed by atoms with Crippen LogP contribution in [-0.4, -0.2) is 37.1 Å². The summed E-state index contributed by atoms with van der Waals surface area (Å²) in [5.74, 6) is 0. The quantitative estimate of drug-likeness (QED) is 0.650. The van der Waals surface area contributed by atoms with Crippen molar-refractivity contribution in [1.29, 1.82) is 5.26 Å². The highest BCUT2D eigenvalue weighted by atomic mass is 16.5. The zero-order valence-electron chi connectivity index (χ0n) is 7.70. The van der Waals surface area contributed by atoms with Crippen LogP contribution in [0, 0.1) is 11.3 Å². The van der Waals surface area contributed by atoms with Gasteiger partial charge in [0, 0.05) is 7.11 Å². The summed E-state index contributed by atoms with van der Waals surface area (Å²) >= 11 is 0. The van der Waals surface area contributed by atoms with Gasteiger partial charge < -0.3 is 14.6 Å². The number of nitriles is 1. The van der Waals surface area contributed by atoms with Crippen LogP contribution in [0.25, 0.3) is 0 Å². The second-order valence-electron chi connectivity index (χ2n) is 2.67. The molecule has 1 N–H and O–H groups in total. The van der Waals surface area contributed by atoms with Crippen LogP contribution in [0.2, 0.25) is 0 Å². The third-order valence-corrected chi connectivity index (χ3v) is 1.84. The molecule has 0 aromatic rings. The Hall–Kier alpha value is -0.630.